The third kappa shape index (κ3) is 5.67. The molecule has 0 atom stereocenters. The Balaban J connectivity index is 2.09. The normalized spacial score (nSPS) is 12.3. The first-order valence-corrected chi connectivity index (χ1v) is 12.4. The van der Waals surface area contributed by atoms with Crippen LogP contribution in [0, 0.1) is 5.92 Å². The van der Waals surface area contributed by atoms with Gasteiger partial charge in [-0.3, -0.25) is 9.89 Å². The average molecular weight is 541 g/mol. The molecule has 0 spiro atoms. The maximum Gasteiger partial charge on any atom is 0.451 e. The number of halogens is 3. The number of aromatic nitrogens is 4. The summed E-state index contributed by atoms with van der Waals surface area (Å²) in [5.74, 6) is -1.35. The number of hydrogen-bond acceptors (Lipinski definition) is 5. The van der Waals surface area contributed by atoms with Gasteiger partial charge in [-0.25, -0.2) is 4.98 Å². The second-order valence-electron chi connectivity index (χ2n) is 10.8. The molecule has 2 aromatic carbocycles. The molecule has 2 aromatic heterocycles. The molecule has 0 bridgehead atoms. The Bertz CT molecular complexity index is 1570. The Morgan fingerprint density at radius 3 is 2.26 bits per heavy atom. The van der Waals surface area contributed by atoms with E-state index in [-0.39, 0.29) is 29.4 Å². The number of pyridine rings is 1. The van der Waals surface area contributed by atoms with Crippen molar-refractivity contribution in [2.24, 2.45) is 5.92 Å². The zero-order chi connectivity index (χ0) is 28.7. The van der Waals surface area contributed by atoms with Gasteiger partial charge in [-0.05, 0) is 49.8 Å². The number of benzene rings is 2. The van der Waals surface area contributed by atoms with Crippen molar-refractivity contribution in [2.45, 2.75) is 59.4 Å². The zero-order valence-corrected chi connectivity index (χ0v) is 22.3. The van der Waals surface area contributed by atoms with Crippen molar-refractivity contribution in [3.05, 3.63) is 70.4 Å². The molecular formula is C28H29F3N5O3-. The fourth-order valence-electron chi connectivity index (χ4n) is 4.53. The highest BCUT2D eigenvalue weighted by molar-refractivity contribution is 5.99. The van der Waals surface area contributed by atoms with Crippen LogP contribution in [0.15, 0.2) is 53.3 Å². The van der Waals surface area contributed by atoms with Crippen LogP contribution in [0.5, 0.6) is 0 Å². The van der Waals surface area contributed by atoms with E-state index in [1.807, 2.05) is 49.3 Å². The molecule has 2 heterocycles. The van der Waals surface area contributed by atoms with Crippen molar-refractivity contribution in [1.29, 1.82) is 0 Å². The molecule has 11 heteroatoms. The van der Waals surface area contributed by atoms with Gasteiger partial charge in [-0.15, -0.1) is 0 Å². The number of rotatable bonds is 6. The van der Waals surface area contributed by atoms with Gasteiger partial charge in [0.15, 0.2) is 5.82 Å². The summed E-state index contributed by atoms with van der Waals surface area (Å²) in [6.07, 6.45) is -6.09. The molecule has 8 nitrogen and oxygen atoms in total. The largest absolute Gasteiger partial charge is 0.530 e. The molecule has 0 fully saturated rings. The van der Waals surface area contributed by atoms with E-state index in [0.717, 1.165) is 4.90 Å². The Morgan fingerprint density at radius 2 is 1.72 bits per heavy atom. The zero-order valence-electron chi connectivity index (χ0n) is 22.3. The smallest absolute Gasteiger partial charge is 0.451 e. The highest BCUT2D eigenvalue weighted by Gasteiger charge is 2.35. The van der Waals surface area contributed by atoms with Gasteiger partial charge in [-0.1, -0.05) is 50.2 Å². The lowest BCUT2D eigenvalue weighted by atomic mass is 9.94. The van der Waals surface area contributed by atoms with Crippen molar-refractivity contribution >= 4 is 16.9 Å². The first-order valence-electron chi connectivity index (χ1n) is 12.4. The van der Waals surface area contributed by atoms with Gasteiger partial charge in [0.1, 0.15) is 6.09 Å². The third-order valence-electron chi connectivity index (χ3n) is 6.34. The van der Waals surface area contributed by atoms with E-state index in [1.165, 1.54) is 6.07 Å². The van der Waals surface area contributed by atoms with E-state index in [9.17, 15) is 27.9 Å². The Morgan fingerprint density at radius 1 is 1.05 bits per heavy atom. The van der Waals surface area contributed by atoms with Crippen LogP contribution in [-0.2, 0) is 19.3 Å². The van der Waals surface area contributed by atoms with Crippen molar-refractivity contribution in [1.82, 2.24) is 24.6 Å². The quantitative estimate of drug-likeness (QED) is 0.367. The van der Waals surface area contributed by atoms with E-state index in [4.69, 9.17) is 0 Å². The molecule has 0 radical (unpaired) electrons. The van der Waals surface area contributed by atoms with E-state index in [0.29, 0.717) is 34.1 Å². The van der Waals surface area contributed by atoms with Crippen LogP contribution in [0.2, 0.25) is 0 Å². The van der Waals surface area contributed by atoms with Crippen LogP contribution in [0.4, 0.5) is 18.0 Å². The van der Waals surface area contributed by atoms with Crippen molar-refractivity contribution in [3.8, 4) is 22.5 Å². The van der Waals surface area contributed by atoms with Gasteiger partial charge in [0.05, 0.1) is 6.54 Å². The number of nitrogens with zero attached hydrogens (tertiary/aromatic N) is 4. The lowest BCUT2D eigenvalue weighted by Gasteiger charge is -2.39. The van der Waals surface area contributed by atoms with Crippen LogP contribution in [-0.4, -0.2) is 36.3 Å². The van der Waals surface area contributed by atoms with Crippen LogP contribution in [0.25, 0.3) is 33.3 Å². The molecule has 206 valence electrons. The van der Waals surface area contributed by atoms with Gasteiger partial charge >= 0.3 is 6.18 Å². The van der Waals surface area contributed by atoms with Crippen molar-refractivity contribution in [2.75, 3.05) is 0 Å². The minimum atomic E-state index is -4.70. The van der Waals surface area contributed by atoms with Gasteiger partial charge in [0, 0.05) is 34.3 Å². The molecule has 0 aliphatic heterocycles. The number of carbonyl (C=O) groups excluding carboxylic acids is 1. The second-order valence-corrected chi connectivity index (χ2v) is 10.8. The van der Waals surface area contributed by atoms with Gasteiger partial charge in [-0.2, -0.15) is 18.3 Å². The Kier molecular flexibility index (Phi) is 7.29. The number of aromatic amines is 1. The molecule has 4 rings (SSSR count). The lowest BCUT2D eigenvalue weighted by Crippen LogP contribution is -2.51. The first kappa shape index (κ1) is 27.9. The number of H-pyrrole nitrogens is 1. The van der Waals surface area contributed by atoms with Crippen LogP contribution in [0.3, 0.4) is 0 Å². The molecule has 0 unspecified atom stereocenters. The van der Waals surface area contributed by atoms with Gasteiger partial charge in [0.2, 0.25) is 5.82 Å². The lowest BCUT2D eigenvalue weighted by molar-refractivity contribution is -0.271. The summed E-state index contributed by atoms with van der Waals surface area (Å²) in [6.45, 7) is 9.29. The number of nitrogens with one attached hydrogen (secondary N) is 1. The minimum Gasteiger partial charge on any atom is -0.530 e. The van der Waals surface area contributed by atoms with Crippen molar-refractivity contribution < 1.29 is 23.1 Å². The van der Waals surface area contributed by atoms with E-state index in [2.05, 4.69) is 10.1 Å². The predicted octanol–water partition coefficient (Wildman–Crippen LogP) is 5.07. The summed E-state index contributed by atoms with van der Waals surface area (Å²) in [6, 6.07) is 13.8. The monoisotopic (exact) mass is 540 g/mol. The van der Waals surface area contributed by atoms with Crippen LogP contribution < -0.4 is 10.7 Å². The minimum absolute atomic E-state index is 0.0573. The van der Waals surface area contributed by atoms with Gasteiger partial charge in [0.25, 0.3) is 5.56 Å². The molecule has 1 N–H and O–H groups in total. The Labute approximate surface area is 223 Å². The number of hydrogen-bond donors (Lipinski definition) is 1. The van der Waals surface area contributed by atoms with Crippen molar-refractivity contribution in [3.63, 3.8) is 0 Å². The SMILES string of the molecule is CC(C)Cn1c(CN(C(=O)[O-])C(C)(C)C)c(-c2ccccc2)c2cc(-c3n[nH]c(C(F)(F)F)n3)ccc2c1=O. The van der Waals surface area contributed by atoms with Crippen LogP contribution in [0.1, 0.15) is 46.1 Å². The average Bonchev–Trinajstić information content (AvgIpc) is 3.35. The topological polar surface area (TPSA) is 107 Å². The summed E-state index contributed by atoms with van der Waals surface area (Å²) < 4.78 is 41.1. The summed E-state index contributed by atoms with van der Waals surface area (Å²) >= 11 is 0. The number of fused-ring (bicyclic) bond motifs is 1. The highest BCUT2D eigenvalue weighted by Crippen LogP contribution is 2.35. The van der Waals surface area contributed by atoms with E-state index < -0.39 is 23.6 Å². The number of carboxylic acid groups (broad SMARTS) is 1. The number of carbonyl (C=O) groups is 1. The first-order chi connectivity index (χ1) is 18.2. The molecule has 39 heavy (non-hydrogen) atoms. The predicted molar refractivity (Wildman–Crippen MR) is 140 cm³/mol. The van der Waals surface area contributed by atoms with Crippen LogP contribution >= 0.6 is 0 Å². The fourth-order valence-corrected chi connectivity index (χ4v) is 4.53. The summed E-state index contributed by atoms with van der Waals surface area (Å²) in [5, 5.41) is 18.7. The maximum absolute atomic E-state index is 13.8. The van der Waals surface area contributed by atoms with Gasteiger partial charge < -0.3 is 19.4 Å². The number of alkyl halides is 3. The third-order valence-corrected chi connectivity index (χ3v) is 6.34. The van der Waals surface area contributed by atoms with E-state index in [1.54, 1.807) is 37.5 Å². The standard InChI is InChI=1S/C28H30F3N5O3/c1-16(2)14-35-21(15-36(26(38)39)27(3,4)5)22(17-9-7-6-8-10-17)20-13-18(11-12-19(20)24(35)37)23-32-25(34-33-23)28(29,30)31/h6-13,16H,14-15H2,1-5H3,(H,38,39)(H,32,33,34)/p-1. The molecule has 0 saturated heterocycles. The molecule has 1 amide bonds. The molecule has 0 aliphatic rings. The number of amides is 1. The highest BCUT2D eigenvalue weighted by atomic mass is 19.4. The fraction of sp³-hybridized carbons (Fsp3) is 0.357. The second kappa shape index (κ2) is 10.2. The molecular weight excluding hydrogens is 511 g/mol. The summed E-state index contributed by atoms with van der Waals surface area (Å²) in [7, 11) is 0. The molecule has 0 saturated carbocycles. The summed E-state index contributed by atoms with van der Waals surface area (Å²) in [5.41, 5.74) is 0.855. The molecule has 0 aliphatic carbocycles. The van der Waals surface area contributed by atoms with E-state index >= 15 is 0 Å². The molecule has 4 aromatic rings. The Hall–Kier alpha value is -4.15. The maximum atomic E-state index is 13.8. The summed E-state index contributed by atoms with van der Waals surface area (Å²) in [4.78, 5) is 30.8.